The Morgan fingerprint density at radius 1 is 1.29 bits per heavy atom. The van der Waals surface area contributed by atoms with Gasteiger partial charge in [-0.05, 0) is 30.9 Å². The normalized spacial score (nSPS) is 16.2. The van der Waals surface area contributed by atoms with Crippen LogP contribution in [0.25, 0.3) is 11.4 Å². The molecule has 1 fully saturated rings. The summed E-state index contributed by atoms with van der Waals surface area (Å²) in [5, 5.41) is 9.65. The summed E-state index contributed by atoms with van der Waals surface area (Å²) in [4.78, 5) is 15.2. The average molecular weight is 305 g/mol. The Bertz CT molecular complexity index is 600. The lowest BCUT2D eigenvalue weighted by atomic mass is 9.98. The van der Waals surface area contributed by atoms with Crippen LogP contribution in [0.2, 0.25) is 5.15 Å². The van der Waals surface area contributed by atoms with Crippen molar-refractivity contribution in [1.82, 2.24) is 15.0 Å². The van der Waals surface area contributed by atoms with Crippen LogP contribution in [0.3, 0.4) is 0 Å². The van der Waals surface area contributed by atoms with Crippen molar-refractivity contribution in [3.8, 4) is 11.4 Å². The van der Waals surface area contributed by atoms with Gasteiger partial charge in [0.1, 0.15) is 11.0 Å². The van der Waals surface area contributed by atoms with E-state index in [1.54, 1.807) is 18.5 Å². The number of nitrogens with zero attached hydrogens (tertiary/aromatic N) is 4. The molecule has 0 aliphatic carbocycles. The minimum Gasteiger partial charge on any atom is -0.396 e. The molecule has 0 bridgehead atoms. The highest BCUT2D eigenvalue weighted by atomic mass is 35.5. The Labute approximate surface area is 128 Å². The highest BCUT2D eigenvalue weighted by Crippen LogP contribution is 2.25. The summed E-state index contributed by atoms with van der Waals surface area (Å²) in [7, 11) is 0. The van der Waals surface area contributed by atoms with Crippen LogP contribution >= 0.6 is 11.6 Å². The van der Waals surface area contributed by atoms with Gasteiger partial charge in [-0.3, -0.25) is 4.98 Å². The maximum absolute atomic E-state index is 9.21. The topological polar surface area (TPSA) is 62.1 Å². The van der Waals surface area contributed by atoms with Crippen molar-refractivity contribution < 1.29 is 5.11 Å². The molecule has 0 atom stereocenters. The van der Waals surface area contributed by atoms with Gasteiger partial charge < -0.3 is 10.0 Å². The third-order valence-corrected chi connectivity index (χ3v) is 3.99. The molecule has 0 radical (unpaired) electrons. The highest BCUT2D eigenvalue weighted by molar-refractivity contribution is 6.29. The summed E-state index contributed by atoms with van der Waals surface area (Å²) in [6.07, 6.45) is 5.39. The number of halogens is 1. The molecule has 1 N–H and O–H groups in total. The number of anilines is 1. The molecule has 110 valence electrons. The molecule has 2 aromatic heterocycles. The maximum atomic E-state index is 9.21. The van der Waals surface area contributed by atoms with E-state index in [4.69, 9.17) is 11.6 Å². The molecule has 0 spiro atoms. The van der Waals surface area contributed by atoms with Crippen LogP contribution < -0.4 is 4.90 Å². The van der Waals surface area contributed by atoms with Crippen molar-refractivity contribution in [1.29, 1.82) is 0 Å². The van der Waals surface area contributed by atoms with Crippen LogP contribution in [0.5, 0.6) is 0 Å². The number of aliphatic hydroxyl groups excluding tert-OH is 1. The van der Waals surface area contributed by atoms with Gasteiger partial charge >= 0.3 is 0 Å². The van der Waals surface area contributed by atoms with E-state index in [0.717, 1.165) is 37.3 Å². The fraction of sp³-hybridized carbons (Fsp3) is 0.400. The van der Waals surface area contributed by atoms with E-state index >= 15 is 0 Å². The van der Waals surface area contributed by atoms with Crippen molar-refractivity contribution in [2.45, 2.75) is 12.8 Å². The largest absolute Gasteiger partial charge is 0.396 e. The molecular weight excluding hydrogens is 288 g/mol. The van der Waals surface area contributed by atoms with E-state index in [0.29, 0.717) is 16.9 Å². The predicted molar refractivity (Wildman–Crippen MR) is 82.3 cm³/mol. The van der Waals surface area contributed by atoms with Crippen LogP contribution in [0.1, 0.15) is 12.8 Å². The van der Waals surface area contributed by atoms with E-state index in [1.807, 2.05) is 12.1 Å². The summed E-state index contributed by atoms with van der Waals surface area (Å²) < 4.78 is 0. The summed E-state index contributed by atoms with van der Waals surface area (Å²) >= 11 is 6.14. The number of piperidine rings is 1. The van der Waals surface area contributed by atoms with Crippen molar-refractivity contribution in [3.05, 3.63) is 35.7 Å². The zero-order chi connectivity index (χ0) is 14.7. The summed E-state index contributed by atoms with van der Waals surface area (Å²) in [6.45, 7) is 2.02. The van der Waals surface area contributed by atoms with Gasteiger partial charge in [0.2, 0.25) is 0 Å². The Morgan fingerprint density at radius 2 is 2.10 bits per heavy atom. The number of hydrogen-bond acceptors (Lipinski definition) is 5. The first kappa shape index (κ1) is 14.2. The molecular formula is C15H17ClN4O. The molecule has 1 aliphatic rings. The first-order valence-corrected chi connectivity index (χ1v) is 7.45. The SMILES string of the molecule is OCC1CCN(c2cc(Cl)nc(-c3cccnc3)n2)CC1. The van der Waals surface area contributed by atoms with Gasteiger partial charge in [0.15, 0.2) is 5.82 Å². The number of pyridine rings is 1. The zero-order valence-corrected chi connectivity index (χ0v) is 12.4. The minimum absolute atomic E-state index is 0.263. The zero-order valence-electron chi connectivity index (χ0n) is 11.6. The van der Waals surface area contributed by atoms with Gasteiger partial charge in [-0.2, -0.15) is 0 Å². The smallest absolute Gasteiger partial charge is 0.164 e. The lowest BCUT2D eigenvalue weighted by Gasteiger charge is -2.32. The first-order chi connectivity index (χ1) is 10.3. The van der Waals surface area contributed by atoms with Crippen LogP contribution in [0.15, 0.2) is 30.6 Å². The second kappa shape index (κ2) is 6.37. The summed E-state index contributed by atoms with van der Waals surface area (Å²) in [6, 6.07) is 5.56. The van der Waals surface area contributed by atoms with Crippen molar-refractivity contribution >= 4 is 17.4 Å². The quantitative estimate of drug-likeness (QED) is 0.882. The minimum atomic E-state index is 0.263. The molecule has 0 saturated carbocycles. The van der Waals surface area contributed by atoms with Gasteiger partial charge in [-0.15, -0.1) is 0 Å². The molecule has 21 heavy (non-hydrogen) atoms. The van der Waals surface area contributed by atoms with E-state index in [-0.39, 0.29) is 6.61 Å². The summed E-state index contributed by atoms with van der Waals surface area (Å²) in [5.41, 5.74) is 0.853. The number of aromatic nitrogens is 3. The number of aliphatic hydroxyl groups is 1. The predicted octanol–water partition coefficient (Wildman–Crippen LogP) is 2.40. The number of rotatable bonds is 3. The van der Waals surface area contributed by atoms with E-state index < -0.39 is 0 Å². The van der Waals surface area contributed by atoms with E-state index in [2.05, 4.69) is 19.9 Å². The molecule has 3 heterocycles. The van der Waals surface area contributed by atoms with E-state index in [1.165, 1.54) is 0 Å². The van der Waals surface area contributed by atoms with Crippen LogP contribution in [0, 0.1) is 5.92 Å². The van der Waals surface area contributed by atoms with Crippen LogP contribution in [-0.2, 0) is 0 Å². The van der Waals surface area contributed by atoms with E-state index in [9.17, 15) is 5.11 Å². The number of hydrogen-bond donors (Lipinski definition) is 1. The highest BCUT2D eigenvalue weighted by Gasteiger charge is 2.20. The monoisotopic (exact) mass is 304 g/mol. The standard InChI is InChI=1S/C15H17ClN4O/c16-13-8-14(20-6-3-11(10-21)4-7-20)19-15(18-13)12-2-1-5-17-9-12/h1-2,5,8-9,11,21H,3-4,6-7,10H2. The van der Waals surface area contributed by atoms with Crippen LogP contribution in [-0.4, -0.2) is 39.8 Å². The Balaban J connectivity index is 1.85. The Kier molecular flexibility index (Phi) is 4.31. The first-order valence-electron chi connectivity index (χ1n) is 7.07. The second-order valence-corrected chi connectivity index (χ2v) is 5.61. The molecule has 2 aromatic rings. The Morgan fingerprint density at radius 3 is 2.76 bits per heavy atom. The molecule has 0 aromatic carbocycles. The van der Waals surface area contributed by atoms with Gasteiger partial charge in [0, 0.05) is 43.7 Å². The van der Waals surface area contributed by atoms with Crippen molar-refractivity contribution in [2.24, 2.45) is 5.92 Å². The molecule has 6 heteroatoms. The van der Waals surface area contributed by atoms with Gasteiger partial charge in [-0.1, -0.05) is 11.6 Å². The average Bonchev–Trinajstić information content (AvgIpc) is 2.55. The maximum Gasteiger partial charge on any atom is 0.164 e. The van der Waals surface area contributed by atoms with Crippen molar-refractivity contribution in [2.75, 3.05) is 24.6 Å². The summed E-state index contributed by atoms with van der Waals surface area (Å²) in [5.74, 6) is 1.83. The third-order valence-electron chi connectivity index (χ3n) is 3.80. The molecule has 3 rings (SSSR count). The fourth-order valence-electron chi connectivity index (χ4n) is 2.54. The second-order valence-electron chi connectivity index (χ2n) is 5.23. The Hall–Kier alpha value is -1.72. The fourth-order valence-corrected chi connectivity index (χ4v) is 2.71. The van der Waals surface area contributed by atoms with Gasteiger partial charge in [0.25, 0.3) is 0 Å². The molecule has 1 aliphatic heterocycles. The molecule has 0 amide bonds. The lowest BCUT2D eigenvalue weighted by Crippen LogP contribution is -2.35. The van der Waals surface area contributed by atoms with Crippen LogP contribution in [0.4, 0.5) is 5.82 Å². The lowest BCUT2D eigenvalue weighted by molar-refractivity contribution is 0.203. The molecule has 1 saturated heterocycles. The molecule has 5 nitrogen and oxygen atoms in total. The molecule has 0 unspecified atom stereocenters. The van der Waals surface area contributed by atoms with Gasteiger partial charge in [0.05, 0.1) is 0 Å². The van der Waals surface area contributed by atoms with Gasteiger partial charge in [-0.25, -0.2) is 9.97 Å². The third kappa shape index (κ3) is 3.31. The van der Waals surface area contributed by atoms with Crippen molar-refractivity contribution in [3.63, 3.8) is 0 Å².